The Kier molecular flexibility index (Phi) is 6.38. The number of urea groups is 1. The number of aryl methyl sites for hydroxylation is 1. The molecule has 1 fully saturated rings. The molecule has 1 aromatic carbocycles. The topological polar surface area (TPSA) is 105 Å². The van der Waals surface area contributed by atoms with Crippen molar-refractivity contribution in [1.29, 1.82) is 0 Å². The molecule has 4 rings (SSSR count). The molecule has 1 N–H and O–H groups in total. The zero-order valence-electron chi connectivity index (χ0n) is 17.2. The normalized spacial score (nSPS) is 18.6. The van der Waals surface area contributed by atoms with E-state index in [1.807, 2.05) is 0 Å². The molecule has 1 saturated heterocycles. The smallest absolute Gasteiger partial charge is 0.341 e. The Labute approximate surface area is 193 Å². The van der Waals surface area contributed by atoms with Gasteiger partial charge in [-0.3, -0.25) is 14.9 Å². The Morgan fingerprint density at radius 3 is 2.69 bits per heavy atom. The van der Waals surface area contributed by atoms with Crippen LogP contribution in [0.1, 0.15) is 40.6 Å². The number of thiophene rings is 1. The predicted molar refractivity (Wildman–Crippen MR) is 121 cm³/mol. The van der Waals surface area contributed by atoms with Gasteiger partial charge in [0.2, 0.25) is 5.91 Å². The number of nitrogens with zero attached hydrogens (tertiary/aromatic N) is 2. The van der Waals surface area contributed by atoms with E-state index in [0.29, 0.717) is 15.6 Å². The third-order valence-corrected chi connectivity index (χ3v) is 6.71. The first-order valence-corrected chi connectivity index (χ1v) is 11.4. The minimum absolute atomic E-state index is 0.230. The molecule has 8 nitrogen and oxygen atoms in total. The Balaban J connectivity index is 1.66. The van der Waals surface area contributed by atoms with Crippen molar-refractivity contribution in [2.24, 2.45) is 10.9 Å². The third kappa shape index (κ3) is 4.18. The summed E-state index contributed by atoms with van der Waals surface area (Å²) in [5.74, 6) is -3.29. The van der Waals surface area contributed by atoms with E-state index < -0.39 is 29.7 Å². The maximum Gasteiger partial charge on any atom is 0.341 e. The fourth-order valence-electron chi connectivity index (χ4n) is 3.75. The van der Waals surface area contributed by atoms with Gasteiger partial charge in [-0.25, -0.2) is 19.5 Å². The van der Waals surface area contributed by atoms with E-state index in [9.17, 15) is 19.2 Å². The highest BCUT2D eigenvalue weighted by Crippen LogP contribution is 2.40. The minimum Gasteiger partial charge on any atom is -0.462 e. The first-order valence-electron chi connectivity index (χ1n) is 10.2. The number of nitrogens with one attached hydrogen (secondary N) is 1. The van der Waals surface area contributed by atoms with E-state index in [2.05, 4.69) is 10.3 Å². The number of rotatable bonds is 5. The van der Waals surface area contributed by atoms with Crippen LogP contribution in [0.25, 0.3) is 0 Å². The molecule has 0 radical (unpaired) electrons. The molecule has 1 aliphatic heterocycles. The summed E-state index contributed by atoms with van der Waals surface area (Å²) < 4.78 is 5.21. The van der Waals surface area contributed by atoms with E-state index in [0.717, 1.165) is 41.0 Å². The van der Waals surface area contributed by atoms with Gasteiger partial charge in [-0.1, -0.05) is 11.6 Å². The van der Waals surface area contributed by atoms with E-state index in [4.69, 9.17) is 16.3 Å². The van der Waals surface area contributed by atoms with Crippen molar-refractivity contribution in [2.75, 3.05) is 11.5 Å². The molecule has 10 heteroatoms. The molecule has 0 saturated carbocycles. The number of ether oxygens (including phenoxy) is 1. The number of hydrogen-bond acceptors (Lipinski definition) is 7. The molecule has 4 amide bonds. The second-order valence-corrected chi connectivity index (χ2v) is 8.83. The first kappa shape index (κ1) is 22.2. The Morgan fingerprint density at radius 2 is 1.97 bits per heavy atom. The number of aliphatic imine (C=N–C) groups is 1. The van der Waals surface area contributed by atoms with Crippen molar-refractivity contribution in [2.45, 2.75) is 32.6 Å². The Hall–Kier alpha value is -3.04. The van der Waals surface area contributed by atoms with Crippen LogP contribution in [0.2, 0.25) is 5.02 Å². The largest absolute Gasteiger partial charge is 0.462 e. The lowest BCUT2D eigenvalue weighted by molar-refractivity contribution is -0.131. The van der Waals surface area contributed by atoms with Crippen LogP contribution in [-0.2, 0) is 27.2 Å². The molecular formula is C22H20ClN3O5S. The highest BCUT2D eigenvalue weighted by molar-refractivity contribution is 7.16. The van der Waals surface area contributed by atoms with Gasteiger partial charge < -0.3 is 4.74 Å². The second-order valence-electron chi connectivity index (χ2n) is 7.31. The molecule has 0 bridgehead atoms. The quantitative estimate of drug-likeness (QED) is 0.400. The molecule has 2 aliphatic rings. The lowest BCUT2D eigenvalue weighted by Gasteiger charge is -2.28. The average Bonchev–Trinajstić information content (AvgIpc) is 3.13. The predicted octanol–water partition coefficient (Wildman–Crippen LogP) is 4.06. The maximum absolute atomic E-state index is 13.0. The molecule has 0 unspecified atom stereocenters. The molecule has 166 valence electrons. The van der Waals surface area contributed by atoms with Crippen LogP contribution in [0.4, 0.5) is 15.5 Å². The summed E-state index contributed by atoms with van der Waals surface area (Å²) in [4.78, 5) is 56.6. The summed E-state index contributed by atoms with van der Waals surface area (Å²) >= 11 is 7.25. The van der Waals surface area contributed by atoms with Gasteiger partial charge >= 0.3 is 12.0 Å². The van der Waals surface area contributed by atoms with Crippen LogP contribution in [0, 0.1) is 5.92 Å². The van der Waals surface area contributed by atoms with Crippen LogP contribution < -0.4 is 10.2 Å². The van der Waals surface area contributed by atoms with Gasteiger partial charge in [0.05, 0.1) is 17.9 Å². The van der Waals surface area contributed by atoms with Crippen LogP contribution in [0.3, 0.4) is 0 Å². The number of carbonyl (C=O) groups is 4. The standard InChI is InChI=1S/C22H20ClN3O5S/c1-2-31-21(29)17-14-5-3-4-6-16(14)32-19(17)24-11-15-18(27)25-22(30)26(20(15)28)13-9-7-12(23)8-10-13/h7-11,15H,2-6H2,1H3,(H,25,27,30)/t15-/m1/s1. The fraction of sp³-hybridized carbons (Fsp3) is 0.318. The molecule has 2 aromatic rings. The average molecular weight is 474 g/mol. The van der Waals surface area contributed by atoms with E-state index in [-0.39, 0.29) is 12.3 Å². The number of fused-ring (bicyclic) bond motifs is 1. The highest BCUT2D eigenvalue weighted by atomic mass is 35.5. The number of barbiturate groups is 1. The summed E-state index contributed by atoms with van der Waals surface area (Å²) in [6, 6.07) is 5.26. The van der Waals surface area contributed by atoms with Gasteiger partial charge in [-0.15, -0.1) is 11.3 Å². The number of imide groups is 2. The van der Waals surface area contributed by atoms with Crippen LogP contribution in [0.5, 0.6) is 0 Å². The molecule has 32 heavy (non-hydrogen) atoms. The lowest BCUT2D eigenvalue weighted by Crippen LogP contribution is -2.58. The summed E-state index contributed by atoms with van der Waals surface area (Å²) in [6.07, 6.45) is 4.80. The van der Waals surface area contributed by atoms with Crippen molar-refractivity contribution in [3.8, 4) is 0 Å². The van der Waals surface area contributed by atoms with Crippen molar-refractivity contribution in [3.63, 3.8) is 0 Å². The number of amides is 4. The second kappa shape index (κ2) is 9.22. The van der Waals surface area contributed by atoms with Crippen molar-refractivity contribution in [1.82, 2.24) is 5.32 Å². The van der Waals surface area contributed by atoms with Gasteiger partial charge in [0.15, 0.2) is 5.92 Å². The van der Waals surface area contributed by atoms with Crippen molar-refractivity contribution >= 4 is 63.7 Å². The van der Waals surface area contributed by atoms with Crippen molar-refractivity contribution in [3.05, 3.63) is 45.3 Å². The number of anilines is 1. The fourth-order valence-corrected chi connectivity index (χ4v) is 5.11. The monoisotopic (exact) mass is 473 g/mol. The molecule has 2 heterocycles. The molecule has 0 spiro atoms. The Bertz CT molecular complexity index is 1130. The number of halogens is 1. The zero-order chi connectivity index (χ0) is 22.8. The highest BCUT2D eigenvalue weighted by Gasteiger charge is 2.40. The summed E-state index contributed by atoms with van der Waals surface area (Å²) in [7, 11) is 0. The SMILES string of the molecule is CCOC(=O)c1c(N=C[C@@H]2C(=O)NC(=O)N(c3ccc(Cl)cc3)C2=O)sc2c1CCCC2. The van der Waals surface area contributed by atoms with Crippen LogP contribution >= 0.6 is 22.9 Å². The van der Waals surface area contributed by atoms with Gasteiger partial charge in [-0.05, 0) is 62.4 Å². The number of carbonyl (C=O) groups excluding carboxylic acids is 4. The molecule has 1 atom stereocenters. The van der Waals surface area contributed by atoms with Gasteiger partial charge in [0.25, 0.3) is 5.91 Å². The first-order chi connectivity index (χ1) is 15.4. The maximum atomic E-state index is 13.0. The van der Waals surface area contributed by atoms with Crippen LogP contribution in [0.15, 0.2) is 29.3 Å². The zero-order valence-corrected chi connectivity index (χ0v) is 18.8. The number of benzene rings is 1. The van der Waals surface area contributed by atoms with Crippen molar-refractivity contribution < 1.29 is 23.9 Å². The third-order valence-electron chi connectivity index (χ3n) is 5.26. The lowest BCUT2D eigenvalue weighted by atomic mass is 9.95. The van der Waals surface area contributed by atoms with E-state index in [1.54, 1.807) is 19.1 Å². The summed E-state index contributed by atoms with van der Waals surface area (Å²) in [5.41, 5.74) is 1.61. The van der Waals surface area contributed by atoms with Gasteiger partial charge in [-0.2, -0.15) is 0 Å². The minimum atomic E-state index is -1.32. The summed E-state index contributed by atoms with van der Waals surface area (Å²) in [5, 5.41) is 3.03. The Morgan fingerprint density at radius 1 is 1.25 bits per heavy atom. The van der Waals surface area contributed by atoms with Gasteiger partial charge in [0.1, 0.15) is 5.00 Å². The number of hydrogen-bond donors (Lipinski definition) is 1. The molecule has 1 aliphatic carbocycles. The van der Waals surface area contributed by atoms with Gasteiger partial charge in [0, 0.05) is 16.1 Å². The summed E-state index contributed by atoms with van der Waals surface area (Å²) in [6.45, 7) is 1.96. The molecule has 1 aromatic heterocycles. The van der Waals surface area contributed by atoms with Crippen LogP contribution in [-0.4, -0.2) is 36.6 Å². The molecular weight excluding hydrogens is 454 g/mol. The van der Waals surface area contributed by atoms with E-state index >= 15 is 0 Å². The van der Waals surface area contributed by atoms with E-state index in [1.165, 1.54) is 29.7 Å². The number of esters is 1.